The highest BCUT2D eigenvalue weighted by molar-refractivity contribution is 7.98. The summed E-state index contributed by atoms with van der Waals surface area (Å²) in [4.78, 5) is 21.8. The number of benzene rings is 1. The van der Waals surface area contributed by atoms with Gasteiger partial charge in [-0.1, -0.05) is 47.3 Å². The molecule has 9 heteroatoms. The van der Waals surface area contributed by atoms with Crippen LogP contribution < -0.4 is 5.56 Å². The van der Waals surface area contributed by atoms with Gasteiger partial charge in [-0.15, -0.1) is 11.3 Å². The van der Waals surface area contributed by atoms with Crippen LogP contribution in [-0.4, -0.2) is 33.4 Å². The van der Waals surface area contributed by atoms with Crippen LogP contribution in [0.4, 0.5) is 0 Å². The lowest BCUT2D eigenvalue weighted by Gasteiger charge is -2.10. The third kappa shape index (κ3) is 3.80. The van der Waals surface area contributed by atoms with Gasteiger partial charge in [-0.05, 0) is 11.4 Å². The fourth-order valence-corrected chi connectivity index (χ4v) is 4.20. The van der Waals surface area contributed by atoms with E-state index in [-0.39, 0.29) is 5.56 Å². The summed E-state index contributed by atoms with van der Waals surface area (Å²) in [5, 5.41) is 6.51. The number of rotatable bonds is 7. The molecule has 4 rings (SSSR count). The van der Waals surface area contributed by atoms with Crippen molar-refractivity contribution in [1.29, 1.82) is 0 Å². The van der Waals surface area contributed by atoms with Gasteiger partial charge in [-0.3, -0.25) is 9.36 Å². The van der Waals surface area contributed by atoms with Crippen LogP contribution in [0.3, 0.4) is 0 Å². The standard InChI is InChI=1S/C18H16N4O3S2/c1-24-9-8-22-17(23)15-13(7-10-26-15)19-18(22)27-11-14-20-16(21-25-14)12-5-3-2-4-6-12/h2-7,10H,8-9,11H2,1H3. The molecule has 4 aromatic rings. The molecule has 0 aliphatic rings. The lowest BCUT2D eigenvalue weighted by molar-refractivity contribution is 0.183. The van der Waals surface area contributed by atoms with E-state index in [1.807, 2.05) is 41.8 Å². The maximum Gasteiger partial charge on any atom is 0.272 e. The van der Waals surface area contributed by atoms with Crippen LogP contribution in [0, 0.1) is 0 Å². The zero-order chi connectivity index (χ0) is 18.6. The molecule has 0 aliphatic carbocycles. The normalized spacial score (nSPS) is 11.3. The van der Waals surface area contributed by atoms with Crippen LogP contribution in [0.2, 0.25) is 0 Å². The van der Waals surface area contributed by atoms with Crippen LogP contribution in [0.25, 0.3) is 21.6 Å². The average molecular weight is 400 g/mol. The van der Waals surface area contributed by atoms with Crippen LogP contribution in [-0.2, 0) is 17.0 Å². The van der Waals surface area contributed by atoms with Gasteiger partial charge < -0.3 is 9.26 Å². The van der Waals surface area contributed by atoms with E-state index < -0.39 is 0 Å². The van der Waals surface area contributed by atoms with Crippen molar-refractivity contribution in [2.24, 2.45) is 0 Å². The molecule has 0 radical (unpaired) electrons. The Morgan fingerprint density at radius 3 is 2.89 bits per heavy atom. The topological polar surface area (TPSA) is 83.0 Å². The molecule has 0 saturated carbocycles. The minimum absolute atomic E-state index is 0.0509. The van der Waals surface area contributed by atoms with Crippen molar-refractivity contribution >= 4 is 33.3 Å². The Balaban J connectivity index is 1.58. The van der Waals surface area contributed by atoms with Gasteiger partial charge in [0.25, 0.3) is 5.56 Å². The Kier molecular flexibility index (Phi) is 5.33. The minimum Gasteiger partial charge on any atom is -0.383 e. The molecule has 0 bridgehead atoms. The first-order chi connectivity index (χ1) is 13.3. The number of hydrogen-bond acceptors (Lipinski definition) is 8. The summed E-state index contributed by atoms with van der Waals surface area (Å²) in [6, 6.07) is 11.5. The maximum atomic E-state index is 12.7. The fourth-order valence-electron chi connectivity index (χ4n) is 2.56. The van der Waals surface area contributed by atoms with E-state index in [2.05, 4.69) is 15.1 Å². The highest BCUT2D eigenvalue weighted by Gasteiger charge is 2.15. The van der Waals surface area contributed by atoms with E-state index in [0.29, 0.717) is 46.0 Å². The first-order valence-corrected chi connectivity index (χ1v) is 10.1. The van der Waals surface area contributed by atoms with Crippen LogP contribution in [0.15, 0.2) is 56.3 Å². The number of aromatic nitrogens is 4. The maximum absolute atomic E-state index is 12.7. The number of thiophene rings is 1. The van der Waals surface area contributed by atoms with Gasteiger partial charge in [0.2, 0.25) is 11.7 Å². The van der Waals surface area contributed by atoms with Crippen LogP contribution in [0.1, 0.15) is 5.89 Å². The molecule has 0 aliphatic heterocycles. The van der Waals surface area contributed by atoms with Gasteiger partial charge in [0.15, 0.2) is 5.16 Å². The Labute approximate surface area is 163 Å². The second kappa shape index (κ2) is 8.03. The summed E-state index contributed by atoms with van der Waals surface area (Å²) in [5.74, 6) is 1.45. The van der Waals surface area contributed by atoms with E-state index in [9.17, 15) is 4.79 Å². The van der Waals surface area contributed by atoms with Gasteiger partial charge in [-0.2, -0.15) is 4.98 Å². The summed E-state index contributed by atoms with van der Waals surface area (Å²) in [6.07, 6.45) is 0. The minimum atomic E-state index is -0.0509. The molecular weight excluding hydrogens is 384 g/mol. The predicted octanol–water partition coefficient (Wildman–Crippen LogP) is 3.45. The third-order valence-corrected chi connectivity index (χ3v) is 5.73. The molecule has 1 aromatic carbocycles. The van der Waals surface area contributed by atoms with E-state index in [1.165, 1.54) is 23.1 Å². The second-order valence-electron chi connectivity index (χ2n) is 5.65. The number of methoxy groups -OCH3 is 1. The Morgan fingerprint density at radius 1 is 1.22 bits per heavy atom. The molecule has 0 N–H and O–H groups in total. The monoisotopic (exact) mass is 400 g/mol. The predicted molar refractivity (Wildman–Crippen MR) is 105 cm³/mol. The molecule has 138 valence electrons. The smallest absolute Gasteiger partial charge is 0.272 e. The van der Waals surface area contributed by atoms with E-state index in [0.717, 1.165) is 5.56 Å². The zero-order valence-corrected chi connectivity index (χ0v) is 16.1. The third-order valence-electron chi connectivity index (χ3n) is 3.87. The molecule has 27 heavy (non-hydrogen) atoms. The first kappa shape index (κ1) is 17.9. The molecule has 3 heterocycles. The quantitative estimate of drug-likeness (QED) is 0.347. The van der Waals surface area contributed by atoms with Gasteiger partial charge in [0, 0.05) is 12.7 Å². The van der Waals surface area contributed by atoms with Gasteiger partial charge in [0.05, 0.1) is 24.4 Å². The molecule has 0 spiro atoms. The molecule has 0 amide bonds. The van der Waals surface area contributed by atoms with Crippen molar-refractivity contribution in [3.05, 3.63) is 58.0 Å². The molecule has 0 unspecified atom stereocenters. The summed E-state index contributed by atoms with van der Waals surface area (Å²) in [7, 11) is 1.61. The Morgan fingerprint density at radius 2 is 2.07 bits per heavy atom. The van der Waals surface area contributed by atoms with Crippen molar-refractivity contribution in [3.8, 4) is 11.4 Å². The summed E-state index contributed by atoms with van der Waals surface area (Å²) in [6.45, 7) is 0.877. The average Bonchev–Trinajstić information content (AvgIpc) is 3.36. The Hall–Kier alpha value is -2.49. The van der Waals surface area contributed by atoms with Crippen molar-refractivity contribution in [1.82, 2.24) is 19.7 Å². The number of ether oxygens (including phenoxy) is 1. The second-order valence-corrected chi connectivity index (χ2v) is 7.50. The molecule has 0 atom stereocenters. The molecule has 3 aromatic heterocycles. The zero-order valence-electron chi connectivity index (χ0n) is 14.5. The summed E-state index contributed by atoms with van der Waals surface area (Å²) < 4.78 is 12.8. The largest absolute Gasteiger partial charge is 0.383 e. The fraction of sp³-hybridized carbons (Fsp3) is 0.222. The van der Waals surface area contributed by atoms with Crippen LogP contribution >= 0.6 is 23.1 Å². The van der Waals surface area contributed by atoms with Gasteiger partial charge in [0.1, 0.15) is 4.70 Å². The van der Waals surface area contributed by atoms with Crippen molar-refractivity contribution in [2.45, 2.75) is 17.5 Å². The highest BCUT2D eigenvalue weighted by atomic mass is 32.2. The SMILES string of the molecule is COCCn1c(SCc2nc(-c3ccccc3)no2)nc2ccsc2c1=O. The molecule has 7 nitrogen and oxygen atoms in total. The highest BCUT2D eigenvalue weighted by Crippen LogP contribution is 2.24. The lowest BCUT2D eigenvalue weighted by Crippen LogP contribution is -2.24. The summed E-state index contributed by atoms with van der Waals surface area (Å²) in [5.41, 5.74) is 1.55. The number of hydrogen-bond donors (Lipinski definition) is 0. The first-order valence-electron chi connectivity index (χ1n) is 8.24. The summed E-state index contributed by atoms with van der Waals surface area (Å²) >= 11 is 2.80. The number of nitrogens with zero attached hydrogens (tertiary/aromatic N) is 4. The van der Waals surface area contributed by atoms with Crippen molar-refractivity contribution in [2.75, 3.05) is 13.7 Å². The molecule has 0 saturated heterocycles. The van der Waals surface area contributed by atoms with Gasteiger partial charge >= 0.3 is 0 Å². The van der Waals surface area contributed by atoms with Crippen LogP contribution in [0.5, 0.6) is 0 Å². The molecule has 0 fully saturated rings. The molecular formula is C18H16N4O3S2. The lowest BCUT2D eigenvalue weighted by atomic mass is 10.2. The van der Waals surface area contributed by atoms with Crippen molar-refractivity contribution < 1.29 is 9.26 Å². The number of thioether (sulfide) groups is 1. The number of fused-ring (bicyclic) bond motifs is 1. The van der Waals surface area contributed by atoms with E-state index >= 15 is 0 Å². The Bertz CT molecular complexity index is 1100. The van der Waals surface area contributed by atoms with Gasteiger partial charge in [-0.25, -0.2) is 4.98 Å². The van der Waals surface area contributed by atoms with Crippen molar-refractivity contribution in [3.63, 3.8) is 0 Å². The van der Waals surface area contributed by atoms with E-state index in [4.69, 9.17) is 9.26 Å². The van der Waals surface area contributed by atoms with E-state index in [1.54, 1.807) is 11.7 Å².